The number of urea groups is 1. The highest BCUT2D eigenvalue weighted by Crippen LogP contribution is 2.18. The minimum Gasteiger partial charge on any atom is -0.489 e. The van der Waals surface area contributed by atoms with Crippen molar-refractivity contribution in [3.8, 4) is 5.75 Å². The van der Waals surface area contributed by atoms with Gasteiger partial charge in [0, 0.05) is 0 Å². The molecule has 0 aliphatic carbocycles. The number of hydrogen-bond donors (Lipinski definition) is 3. The van der Waals surface area contributed by atoms with Crippen molar-refractivity contribution >= 4 is 6.03 Å². The van der Waals surface area contributed by atoms with Crippen LogP contribution in [0.15, 0.2) is 54.6 Å². The first-order valence-electron chi connectivity index (χ1n) is 6.87. The minimum atomic E-state index is -0.767. The highest BCUT2D eigenvalue weighted by atomic mass is 16.5. The third kappa shape index (κ3) is 4.47. The van der Waals surface area contributed by atoms with E-state index >= 15 is 0 Å². The Kier molecular flexibility index (Phi) is 5.35. The van der Waals surface area contributed by atoms with E-state index in [1.54, 1.807) is 6.92 Å². The van der Waals surface area contributed by atoms with Crippen LogP contribution in [0.3, 0.4) is 0 Å². The summed E-state index contributed by atoms with van der Waals surface area (Å²) in [6.07, 6.45) is 0. The Morgan fingerprint density at radius 3 is 2.45 bits per heavy atom. The Morgan fingerprint density at radius 1 is 1.23 bits per heavy atom. The van der Waals surface area contributed by atoms with Gasteiger partial charge in [0.1, 0.15) is 12.4 Å². The number of nitrogens with zero attached hydrogens (tertiary/aromatic N) is 1. The van der Waals surface area contributed by atoms with Crippen LogP contribution in [0.4, 0.5) is 4.79 Å². The molecule has 0 fully saturated rings. The van der Waals surface area contributed by atoms with Gasteiger partial charge in [0.25, 0.3) is 0 Å². The molecule has 0 aromatic heterocycles. The first-order valence-corrected chi connectivity index (χ1v) is 6.87. The van der Waals surface area contributed by atoms with Gasteiger partial charge in [-0.3, -0.25) is 5.21 Å². The third-order valence-electron chi connectivity index (χ3n) is 3.18. The lowest BCUT2D eigenvalue weighted by atomic mass is 10.1. The number of amides is 2. The molecular formula is C16H19N3O3. The zero-order valence-electron chi connectivity index (χ0n) is 12.3. The summed E-state index contributed by atoms with van der Waals surface area (Å²) in [6.45, 7) is 2.29. The summed E-state index contributed by atoms with van der Waals surface area (Å²) in [5.41, 5.74) is 1.97. The first kappa shape index (κ1) is 15.8. The van der Waals surface area contributed by atoms with Gasteiger partial charge in [-0.1, -0.05) is 42.5 Å². The molecule has 2 aromatic carbocycles. The number of carbonyl (C=O) groups is 1. The number of hydroxylamine groups is 1. The van der Waals surface area contributed by atoms with E-state index in [2.05, 4.69) is 5.32 Å². The van der Waals surface area contributed by atoms with Gasteiger partial charge in [0.15, 0.2) is 0 Å². The number of carbonyl (C=O) groups excluding carboxylic acids is 1. The lowest BCUT2D eigenvalue weighted by molar-refractivity contribution is -0.0454. The Bertz CT molecular complexity index is 600. The molecule has 6 nitrogen and oxygen atoms in total. The molecule has 0 saturated heterocycles. The molecule has 116 valence electrons. The molecule has 22 heavy (non-hydrogen) atoms. The van der Waals surface area contributed by atoms with Crippen molar-refractivity contribution in [2.75, 3.05) is 0 Å². The zero-order chi connectivity index (χ0) is 15.9. The van der Waals surface area contributed by atoms with Crippen LogP contribution in [-0.2, 0) is 6.61 Å². The van der Waals surface area contributed by atoms with E-state index < -0.39 is 6.03 Å². The number of hydrazine groups is 1. The van der Waals surface area contributed by atoms with Crippen LogP contribution in [0.2, 0.25) is 0 Å². The Morgan fingerprint density at radius 2 is 1.86 bits per heavy atom. The van der Waals surface area contributed by atoms with Crippen molar-refractivity contribution in [1.82, 2.24) is 10.5 Å². The second-order valence-electron chi connectivity index (χ2n) is 4.86. The molecule has 6 heteroatoms. The number of hydrogen-bond acceptors (Lipinski definition) is 4. The fourth-order valence-corrected chi connectivity index (χ4v) is 1.93. The smallest absolute Gasteiger partial charge is 0.356 e. The molecule has 2 rings (SSSR count). The maximum absolute atomic E-state index is 11.3. The minimum absolute atomic E-state index is 0.0217. The lowest BCUT2D eigenvalue weighted by Crippen LogP contribution is -2.43. The lowest BCUT2D eigenvalue weighted by Gasteiger charge is -2.17. The predicted octanol–water partition coefficient (Wildman–Crippen LogP) is 2.60. The SMILES string of the molecule is CC(NC(=O)N(N)O)c1ccc(OCc2ccccc2)cc1. The molecule has 0 bridgehead atoms. The van der Waals surface area contributed by atoms with Gasteiger partial charge in [-0.25, -0.2) is 10.6 Å². The number of nitrogens with two attached hydrogens (primary N) is 1. The standard InChI is InChI=1S/C16H19N3O3/c1-12(18-16(20)19(17)21)14-7-9-15(10-8-14)22-11-13-5-3-2-4-6-13/h2-10,12,21H,11,17H2,1H3,(H,18,20). The van der Waals surface area contributed by atoms with Crippen LogP contribution in [0.5, 0.6) is 5.75 Å². The van der Waals surface area contributed by atoms with E-state index in [1.165, 1.54) is 0 Å². The Hall–Kier alpha value is -2.57. The van der Waals surface area contributed by atoms with Crippen LogP contribution in [0, 0.1) is 0 Å². The normalized spacial score (nSPS) is 11.6. The van der Waals surface area contributed by atoms with Crippen LogP contribution in [-0.4, -0.2) is 16.4 Å². The first-order chi connectivity index (χ1) is 10.6. The highest BCUT2D eigenvalue weighted by molar-refractivity contribution is 5.72. The quantitative estimate of drug-likeness (QED) is 0.343. The van der Waals surface area contributed by atoms with E-state index in [-0.39, 0.29) is 11.2 Å². The summed E-state index contributed by atoms with van der Waals surface area (Å²) in [5, 5.41) is 11.4. The summed E-state index contributed by atoms with van der Waals surface area (Å²) in [5.74, 6) is 5.68. The van der Waals surface area contributed by atoms with Gasteiger partial charge in [-0.2, -0.15) is 0 Å². The van der Waals surface area contributed by atoms with Crippen LogP contribution >= 0.6 is 0 Å². The van der Waals surface area contributed by atoms with E-state index in [0.717, 1.165) is 16.9 Å². The molecule has 4 N–H and O–H groups in total. The molecule has 0 heterocycles. The van der Waals surface area contributed by atoms with Crippen molar-refractivity contribution in [3.63, 3.8) is 0 Å². The van der Waals surface area contributed by atoms with E-state index in [4.69, 9.17) is 15.8 Å². The molecule has 0 radical (unpaired) electrons. The number of benzene rings is 2. The van der Waals surface area contributed by atoms with Gasteiger partial charge >= 0.3 is 6.03 Å². The van der Waals surface area contributed by atoms with Gasteiger partial charge in [0.2, 0.25) is 0 Å². The molecular weight excluding hydrogens is 282 g/mol. The third-order valence-corrected chi connectivity index (χ3v) is 3.18. The van der Waals surface area contributed by atoms with E-state index in [1.807, 2.05) is 54.6 Å². The molecule has 2 aromatic rings. The van der Waals surface area contributed by atoms with Crippen molar-refractivity contribution < 1.29 is 14.7 Å². The molecule has 1 unspecified atom stereocenters. The molecule has 2 amide bonds. The van der Waals surface area contributed by atoms with Crippen LogP contribution < -0.4 is 15.9 Å². The largest absolute Gasteiger partial charge is 0.489 e. The molecule has 0 aliphatic heterocycles. The van der Waals surface area contributed by atoms with Crippen molar-refractivity contribution in [2.45, 2.75) is 19.6 Å². The Balaban J connectivity index is 1.91. The number of nitrogens with one attached hydrogen (secondary N) is 1. The number of rotatable bonds is 5. The van der Waals surface area contributed by atoms with E-state index in [9.17, 15) is 4.79 Å². The average Bonchev–Trinajstić information content (AvgIpc) is 2.54. The summed E-state index contributed by atoms with van der Waals surface area (Å²) < 4.78 is 5.69. The summed E-state index contributed by atoms with van der Waals surface area (Å²) >= 11 is 0. The Labute approximate surface area is 129 Å². The van der Waals surface area contributed by atoms with Gasteiger partial charge in [-0.05, 0) is 30.2 Å². The fraction of sp³-hybridized carbons (Fsp3) is 0.188. The number of ether oxygens (including phenoxy) is 1. The summed E-state index contributed by atoms with van der Waals surface area (Å²) in [6, 6.07) is 16.2. The molecule has 0 spiro atoms. The molecule has 0 aliphatic rings. The monoisotopic (exact) mass is 301 g/mol. The second-order valence-corrected chi connectivity index (χ2v) is 4.86. The molecule has 0 saturated carbocycles. The highest BCUT2D eigenvalue weighted by Gasteiger charge is 2.12. The van der Waals surface area contributed by atoms with Gasteiger partial charge in [0.05, 0.1) is 6.04 Å². The fourth-order valence-electron chi connectivity index (χ4n) is 1.93. The van der Waals surface area contributed by atoms with Crippen molar-refractivity contribution in [2.24, 2.45) is 5.84 Å². The topological polar surface area (TPSA) is 87.8 Å². The van der Waals surface area contributed by atoms with E-state index in [0.29, 0.717) is 6.61 Å². The molecule has 1 atom stereocenters. The van der Waals surface area contributed by atoms with Crippen LogP contribution in [0.1, 0.15) is 24.1 Å². The van der Waals surface area contributed by atoms with Crippen molar-refractivity contribution in [3.05, 3.63) is 65.7 Å². The second kappa shape index (κ2) is 7.44. The maximum atomic E-state index is 11.3. The summed E-state index contributed by atoms with van der Waals surface area (Å²) in [7, 11) is 0. The average molecular weight is 301 g/mol. The zero-order valence-corrected chi connectivity index (χ0v) is 12.3. The summed E-state index contributed by atoms with van der Waals surface area (Å²) in [4.78, 5) is 11.3. The van der Waals surface area contributed by atoms with Crippen LogP contribution in [0.25, 0.3) is 0 Å². The van der Waals surface area contributed by atoms with Gasteiger partial charge in [-0.15, -0.1) is 5.17 Å². The van der Waals surface area contributed by atoms with Crippen molar-refractivity contribution in [1.29, 1.82) is 0 Å². The predicted molar refractivity (Wildman–Crippen MR) is 82.0 cm³/mol. The maximum Gasteiger partial charge on any atom is 0.356 e. The van der Waals surface area contributed by atoms with Gasteiger partial charge < -0.3 is 10.1 Å².